The van der Waals surface area contributed by atoms with Crippen LogP contribution < -0.4 is 9.47 Å². The summed E-state index contributed by atoms with van der Waals surface area (Å²) in [4.78, 5) is 0. The van der Waals surface area contributed by atoms with Crippen molar-refractivity contribution in [1.82, 2.24) is 0 Å². The van der Waals surface area contributed by atoms with Gasteiger partial charge in [0.15, 0.2) is 11.5 Å². The van der Waals surface area contributed by atoms with Crippen molar-refractivity contribution in [3.8, 4) is 11.5 Å². The van der Waals surface area contributed by atoms with Gasteiger partial charge in [-0.1, -0.05) is 6.92 Å². The van der Waals surface area contributed by atoms with Gasteiger partial charge in [-0.05, 0) is 23.3 Å². The third kappa shape index (κ3) is 1.87. The Hall–Kier alpha value is -0.870. The van der Waals surface area contributed by atoms with Gasteiger partial charge < -0.3 is 14.6 Å². The van der Waals surface area contributed by atoms with Crippen LogP contribution in [0.3, 0.4) is 0 Å². The van der Waals surface area contributed by atoms with Crippen LogP contribution in [0.15, 0.2) is 12.1 Å². The summed E-state index contributed by atoms with van der Waals surface area (Å²) in [5.74, 6) is 2.32. The van der Waals surface area contributed by atoms with E-state index in [2.05, 4.69) is 0 Å². The lowest BCUT2D eigenvalue weighted by molar-refractivity contribution is 0.176. The molecule has 0 spiro atoms. The zero-order chi connectivity index (χ0) is 11.7. The van der Waals surface area contributed by atoms with Crippen molar-refractivity contribution < 1.29 is 14.6 Å². The summed E-state index contributed by atoms with van der Waals surface area (Å²) in [7, 11) is 3.23. The summed E-state index contributed by atoms with van der Waals surface area (Å²) in [6.45, 7) is 2.04. The fourth-order valence-corrected chi connectivity index (χ4v) is 2.92. The first-order chi connectivity index (χ1) is 7.67. The van der Waals surface area contributed by atoms with Gasteiger partial charge in [-0.3, -0.25) is 0 Å². The highest BCUT2D eigenvalue weighted by molar-refractivity contribution is 7.99. The van der Waals surface area contributed by atoms with Crippen LogP contribution >= 0.6 is 11.8 Å². The Morgan fingerprint density at radius 1 is 1.25 bits per heavy atom. The molecule has 2 rings (SSSR count). The zero-order valence-corrected chi connectivity index (χ0v) is 10.5. The van der Waals surface area contributed by atoms with E-state index in [1.54, 1.807) is 26.0 Å². The molecule has 1 heterocycles. The minimum atomic E-state index is -0.423. The van der Waals surface area contributed by atoms with Crippen LogP contribution in [-0.2, 0) is 5.75 Å². The Morgan fingerprint density at radius 2 is 1.88 bits per heavy atom. The third-order valence-corrected chi connectivity index (χ3v) is 4.17. The van der Waals surface area contributed by atoms with Crippen molar-refractivity contribution in [3.05, 3.63) is 23.3 Å². The zero-order valence-electron chi connectivity index (χ0n) is 9.69. The summed E-state index contributed by atoms with van der Waals surface area (Å²) >= 11 is 1.76. The summed E-state index contributed by atoms with van der Waals surface area (Å²) in [6.07, 6.45) is -0.423. The van der Waals surface area contributed by atoms with Crippen molar-refractivity contribution in [1.29, 1.82) is 0 Å². The van der Waals surface area contributed by atoms with Gasteiger partial charge in [0.1, 0.15) is 0 Å². The first-order valence-electron chi connectivity index (χ1n) is 5.21. The maximum absolute atomic E-state index is 10.1. The first kappa shape index (κ1) is 11.6. The number of hydrogen-bond acceptors (Lipinski definition) is 4. The van der Waals surface area contributed by atoms with E-state index in [9.17, 15) is 5.11 Å². The number of rotatable bonds is 2. The van der Waals surface area contributed by atoms with Crippen LogP contribution in [0.25, 0.3) is 0 Å². The van der Waals surface area contributed by atoms with E-state index in [4.69, 9.17) is 9.47 Å². The minimum Gasteiger partial charge on any atom is -0.493 e. The van der Waals surface area contributed by atoms with Crippen molar-refractivity contribution in [2.24, 2.45) is 0 Å². The Bertz CT molecular complexity index is 392. The predicted octanol–water partition coefficient (Wildman–Crippen LogP) is 2.37. The Kier molecular flexibility index (Phi) is 3.30. The number of benzene rings is 1. The molecule has 3 nitrogen and oxygen atoms in total. The van der Waals surface area contributed by atoms with E-state index in [1.807, 2.05) is 19.1 Å². The highest BCUT2D eigenvalue weighted by atomic mass is 32.2. The van der Waals surface area contributed by atoms with Gasteiger partial charge >= 0.3 is 0 Å². The maximum Gasteiger partial charge on any atom is 0.161 e. The van der Waals surface area contributed by atoms with Gasteiger partial charge in [-0.15, -0.1) is 0 Å². The van der Waals surface area contributed by atoms with Gasteiger partial charge in [0, 0.05) is 11.0 Å². The van der Waals surface area contributed by atoms with Crippen molar-refractivity contribution in [3.63, 3.8) is 0 Å². The van der Waals surface area contributed by atoms with E-state index in [-0.39, 0.29) is 5.25 Å². The predicted molar refractivity (Wildman–Crippen MR) is 65.3 cm³/mol. The summed E-state index contributed by atoms with van der Waals surface area (Å²) in [5, 5.41) is 10.3. The molecule has 0 saturated carbocycles. The second-order valence-electron chi connectivity index (χ2n) is 3.87. The smallest absolute Gasteiger partial charge is 0.161 e. The van der Waals surface area contributed by atoms with E-state index >= 15 is 0 Å². The topological polar surface area (TPSA) is 38.7 Å². The van der Waals surface area contributed by atoms with Crippen LogP contribution in [0, 0.1) is 0 Å². The average molecular weight is 240 g/mol. The monoisotopic (exact) mass is 240 g/mol. The molecule has 0 aromatic heterocycles. The molecule has 1 aromatic rings. The van der Waals surface area contributed by atoms with Gasteiger partial charge in [-0.2, -0.15) is 11.8 Å². The molecule has 1 aromatic carbocycles. The number of hydrogen-bond donors (Lipinski definition) is 1. The number of fused-ring (bicyclic) bond motifs is 1. The van der Waals surface area contributed by atoms with Crippen molar-refractivity contribution in [2.45, 2.75) is 24.0 Å². The van der Waals surface area contributed by atoms with E-state index in [1.165, 1.54) is 0 Å². The van der Waals surface area contributed by atoms with Crippen molar-refractivity contribution in [2.75, 3.05) is 14.2 Å². The van der Waals surface area contributed by atoms with Crippen LogP contribution in [0.5, 0.6) is 11.5 Å². The molecular formula is C12H16O3S. The Balaban J connectivity index is 2.48. The molecule has 0 radical (unpaired) electrons. The van der Waals surface area contributed by atoms with Gasteiger partial charge in [0.05, 0.1) is 20.3 Å². The quantitative estimate of drug-likeness (QED) is 0.861. The number of ether oxygens (including phenoxy) is 2. The van der Waals surface area contributed by atoms with Gasteiger partial charge in [-0.25, -0.2) is 0 Å². The van der Waals surface area contributed by atoms with Crippen LogP contribution in [0.2, 0.25) is 0 Å². The third-order valence-electron chi connectivity index (χ3n) is 2.91. The molecule has 1 aliphatic rings. The highest BCUT2D eigenvalue weighted by Gasteiger charge is 2.26. The number of aliphatic hydroxyl groups is 1. The molecular weight excluding hydrogens is 224 g/mol. The normalized spacial score (nSPS) is 23.8. The average Bonchev–Trinajstić information content (AvgIpc) is 2.32. The molecule has 0 amide bonds. The second-order valence-corrected chi connectivity index (χ2v) is 5.23. The number of aliphatic hydroxyl groups excluding tert-OH is 1. The lowest BCUT2D eigenvalue weighted by Gasteiger charge is -2.28. The Labute approximate surface area is 99.8 Å². The summed E-state index contributed by atoms with van der Waals surface area (Å²) < 4.78 is 10.5. The summed E-state index contributed by atoms with van der Waals surface area (Å²) in [6, 6.07) is 3.84. The largest absolute Gasteiger partial charge is 0.493 e. The van der Waals surface area contributed by atoms with Gasteiger partial charge in [0.2, 0.25) is 0 Å². The molecule has 0 fully saturated rings. The van der Waals surface area contributed by atoms with E-state index < -0.39 is 6.10 Å². The first-order valence-corrected chi connectivity index (χ1v) is 6.26. The molecule has 0 bridgehead atoms. The molecule has 88 valence electrons. The molecule has 0 saturated heterocycles. The molecule has 1 aliphatic heterocycles. The lowest BCUT2D eigenvalue weighted by atomic mass is 10.00. The fourth-order valence-electron chi connectivity index (χ4n) is 1.90. The molecule has 4 heteroatoms. The summed E-state index contributed by atoms with van der Waals surface area (Å²) in [5.41, 5.74) is 2.09. The molecule has 16 heavy (non-hydrogen) atoms. The van der Waals surface area contributed by atoms with Crippen LogP contribution in [-0.4, -0.2) is 24.6 Å². The molecule has 0 aliphatic carbocycles. The van der Waals surface area contributed by atoms with Crippen molar-refractivity contribution >= 4 is 11.8 Å². The molecule has 2 atom stereocenters. The van der Waals surface area contributed by atoms with Crippen LogP contribution in [0.4, 0.5) is 0 Å². The lowest BCUT2D eigenvalue weighted by Crippen LogP contribution is -2.18. The van der Waals surface area contributed by atoms with E-state index in [0.717, 1.165) is 22.6 Å². The van der Waals surface area contributed by atoms with E-state index in [0.29, 0.717) is 5.75 Å². The highest BCUT2D eigenvalue weighted by Crippen LogP contribution is 2.42. The maximum atomic E-state index is 10.1. The van der Waals surface area contributed by atoms with Gasteiger partial charge in [0.25, 0.3) is 0 Å². The molecule has 2 unspecified atom stereocenters. The molecule has 1 N–H and O–H groups in total. The van der Waals surface area contributed by atoms with Crippen LogP contribution in [0.1, 0.15) is 24.2 Å². The second kappa shape index (κ2) is 4.55. The minimum absolute atomic E-state index is 0.227. The number of methoxy groups -OCH3 is 2. The fraction of sp³-hybridized carbons (Fsp3) is 0.500. The standard InChI is InChI=1S/C12H16O3S/c1-7-12(13)9-5-11(15-3)10(14-2)4-8(9)6-16-7/h4-5,7,12-13H,6H2,1-3H3. The SMILES string of the molecule is COc1cc2c(cc1OC)C(O)C(C)SC2. The number of thioether (sulfide) groups is 1. The Morgan fingerprint density at radius 3 is 2.50 bits per heavy atom.